The molecule has 0 fully saturated rings. The van der Waals surface area contributed by atoms with Crippen molar-refractivity contribution in [2.24, 2.45) is 0 Å². The molecule has 0 aliphatic heterocycles. The van der Waals surface area contributed by atoms with Crippen molar-refractivity contribution in [2.75, 3.05) is 0 Å². The molecule has 21 heavy (non-hydrogen) atoms. The van der Waals surface area contributed by atoms with Gasteiger partial charge in [0, 0.05) is 5.04 Å². The fourth-order valence-corrected chi connectivity index (χ4v) is 7.19. The highest BCUT2D eigenvalue weighted by Gasteiger charge is 2.43. The maximum Gasteiger partial charge on any atom is 0.0828 e. The summed E-state index contributed by atoms with van der Waals surface area (Å²) in [7, 11) is -1.08. The summed E-state index contributed by atoms with van der Waals surface area (Å²) in [6.07, 6.45) is 3.88. The third kappa shape index (κ3) is 2.68. The molecule has 0 amide bonds. The first kappa shape index (κ1) is 16.3. The average molecular weight is 299 g/mol. The molecule has 2 unspecified atom stereocenters. The number of hydrogen-bond acceptors (Lipinski definition) is 0. The molecular weight excluding hydrogens is 268 g/mol. The van der Waals surface area contributed by atoms with Crippen LogP contribution in [0, 0.1) is 0 Å². The van der Waals surface area contributed by atoms with E-state index in [4.69, 9.17) is 0 Å². The number of unbranched alkanes of at least 4 members (excludes halogenated alkanes) is 1. The van der Waals surface area contributed by atoms with Crippen molar-refractivity contribution in [3.63, 3.8) is 0 Å². The third-order valence-corrected chi connectivity index (χ3v) is 9.83. The van der Waals surface area contributed by atoms with Gasteiger partial charge in [-0.2, -0.15) is 0 Å². The molecule has 2 atom stereocenters. The minimum atomic E-state index is -1.08. The van der Waals surface area contributed by atoms with Crippen LogP contribution in [0.2, 0.25) is 11.6 Å². The molecule has 0 saturated heterocycles. The SMILES string of the molecule is CCCCC1=C(C)C(C)=C(C)C1(C)[SiH](C)c1ccccc1. The molecule has 0 nitrogen and oxygen atoms in total. The van der Waals surface area contributed by atoms with Crippen molar-refractivity contribution in [1.29, 1.82) is 0 Å². The normalized spacial score (nSPS) is 23.9. The van der Waals surface area contributed by atoms with Gasteiger partial charge in [0.25, 0.3) is 0 Å². The lowest BCUT2D eigenvalue weighted by Crippen LogP contribution is -2.40. The summed E-state index contributed by atoms with van der Waals surface area (Å²) in [6, 6.07) is 11.2. The van der Waals surface area contributed by atoms with Crippen LogP contribution in [0.4, 0.5) is 0 Å². The Labute approximate surface area is 132 Å². The van der Waals surface area contributed by atoms with Crippen LogP contribution in [0.3, 0.4) is 0 Å². The van der Waals surface area contributed by atoms with Crippen LogP contribution in [0.5, 0.6) is 0 Å². The maximum atomic E-state index is 2.54. The Morgan fingerprint density at radius 1 is 1.00 bits per heavy atom. The summed E-state index contributed by atoms with van der Waals surface area (Å²) in [6.45, 7) is 14.4. The second-order valence-electron chi connectivity index (χ2n) is 6.79. The summed E-state index contributed by atoms with van der Waals surface area (Å²) in [4.78, 5) is 0. The molecule has 1 heteroatoms. The first-order valence-electron chi connectivity index (χ1n) is 8.38. The highest BCUT2D eigenvalue weighted by molar-refractivity contribution is 6.76. The van der Waals surface area contributed by atoms with E-state index in [0.717, 1.165) is 0 Å². The van der Waals surface area contributed by atoms with Gasteiger partial charge in [0.1, 0.15) is 0 Å². The van der Waals surface area contributed by atoms with Crippen LogP contribution in [0.15, 0.2) is 52.6 Å². The Balaban J connectivity index is 2.46. The minimum Gasteiger partial charge on any atom is -0.0671 e. The van der Waals surface area contributed by atoms with E-state index in [1.54, 1.807) is 27.5 Å². The van der Waals surface area contributed by atoms with E-state index in [9.17, 15) is 0 Å². The summed E-state index contributed by atoms with van der Waals surface area (Å²) < 4.78 is 0. The summed E-state index contributed by atoms with van der Waals surface area (Å²) in [5.74, 6) is 0. The van der Waals surface area contributed by atoms with Crippen LogP contribution in [0.1, 0.15) is 53.9 Å². The largest absolute Gasteiger partial charge is 0.0828 e. The average Bonchev–Trinajstić information content (AvgIpc) is 2.68. The second kappa shape index (κ2) is 6.35. The van der Waals surface area contributed by atoms with Crippen LogP contribution in [-0.4, -0.2) is 8.80 Å². The lowest BCUT2D eigenvalue weighted by molar-refractivity contribution is 0.704. The molecule has 0 radical (unpaired) electrons. The van der Waals surface area contributed by atoms with Crippen molar-refractivity contribution in [3.8, 4) is 0 Å². The highest BCUT2D eigenvalue weighted by Crippen LogP contribution is 2.55. The van der Waals surface area contributed by atoms with Gasteiger partial charge < -0.3 is 0 Å². The first-order chi connectivity index (χ1) is 9.94. The molecule has 0 N–H and O–H groups in total. The molecule has 1 aliphatic rings. The molecule has 1 aliphatic carbocycles. The zero-order valence-corrected chi connectivity index (χ0v) is 15.7. The van der Waals surface area contributed by atoms with E-state index in [2.05, 4.69) is 71.5 Å². The Kier molecular flexibility index (Phi) is 4.93. The number of benzene rings is 1. The number of rotatable bonds is 5. The highest BCUT2D eigenvalue weighted by atomic mass is 28.3. The first-order valence-corrected chi connectivity index (χ1v) is 10.7. The Morgan fingerprint density at radius 2 is 1.62 bits per heavy atom. The maximum absolute atomic E-state index is 2.54. The Morgan fingerprint density at radius 3 is 2.19 bits per heavy atom. The van der Waals surface area contributed by atoms with Crippen molar-refractivity contribution in [2.45, 2.75) is 65.5 Å². The standard InChI is InChI=1S/C20H30Si/c1-7-8-14-19-16(3)15(2)17(4)20(19,5)21(6)18-12-10-9-11-13-18/h9-13,21H,7-8,14H2,1-6H3. The zero-order chi connectivity index (χ0) is 15.6. The molecule has 2 rings (SSSR count). The molecular formula is C20H30Si. The monoisotopic (exact) mass is 298 g/mol. The molecule has 1 aromatic carbocycles. The summed E-state index contributed by atoms with van der Waals surface area (Å²) >= 11 is 0. The fourth-order valence-electron chi connectivity index (χ4n) is 3.97. The van der Waals surface area contributed by atoms with Crippen LogP contribution in [-0.2, 0) is 0 Å². The number of allylic oxidation sites excluding steroid dienone is 4. The predicted octanol–water partition coefficient (Wildman–Crippen LogP) is 5.37. The topological polar surface area (TPSA) is 0 Å². The molecule has 1 aromatic rings. The van der Waals surface area contributed by atoms with E-state index in [0.29, 0.717) is 5.04 Å². The Hall–Kier alpha value is -1.08. The van der Waals surface area contributed by atoms with Crippen molar-refractivity contribution in [3.05, 3.63) is 52.6 Å². The van der Waals surface area contributed by atoms with Crippen molar-refractivity contribution in [1.82, 2.24) is 0 Å². The van der Waals surface area contributed by atoms with Gasteiger partial charge >= 0.3 is 0 Å². The van der Waals surface area contributed by atoms with Crippen molar-refractivity contribution < 1.29 is 0 Å². The van der Waals surface area contributed by atoms with Gasteiger partial charge in [-0.15, -0.1) is 0 Å². The Bertz CT molecular complexity index is 565. The van der Waals surface area contributed by atoms with Gasteiger partial charge in [-0.1, -0.05) is 73.5 Å². The van der Waals surface area contributed by atoms with Gasteiger partial charge in [0.2, 0.25) is 0 Å². The van der Waals surface area contributed by atoms with Gasteiger partial charge in [-0.05, 0) is 44.8 Å². The van der Waals surface area contributed by atoms with Crippen molar-refractivity contribution >= 4 is 14.0 Å². The van der Waals surface area contributed by atoms with E-state index in [-0.39, 0.29) is 0 Å². The van der Waals surface area contributed by atoms with Crippen LogP contribution < -0.4 is 5.19 Å². The molecule has 0 saturated carbocycles. The summed E-state index contributed by atoms with van der Waals surface area (Å²) in [5, 5.41) is 1.92. The molecule has 0 aromatic heterocycles. The smallest absolute Gasteiger partial charge is 0.0671 e. The second-order valence-corrected chi connectivity index (χ2v) is 10.1. The summed E-state index contributed by atoms with van der Waals surface area (Å²) in [5.41, 5.74) is 6.51. The van der Waals surface area contributed by atoms with E-state index in [1.165, 1.54) is 19.3 Å². The van der Waals surface area contributed by atoms with Gasteiger partial charge in [-0.25, -0.2) is 0 Å². The lowest BCUT2D eigenvalue weighted by Gasteiger charge is -2.37. The number of hydrogen-bond donors (Lipinski definition) is 0. The predicted molar refractivity (Wildman–Crippen MR) is 98.1 cm³/mol. The third-order valence-electron chi connectivity index (χ3n) is 5.93. The zero-order valence-electron chi connectivity index (χ0n) is 14.6. The molecule has 0 heterocycles. The van der Waals surface area contributed by atoms with Gasteiger partial charge in [-0.3, -0.25) is 0 Å². The van der Waals surface area contributed by atoms with Gasteiger partial charge in [0.15, 0.2) is 0 Å². The van der Waals surface area contributed by atoms with Crippen LogP contribution >= 0.6 is 0 Å². The molecule has 114 valence electrons. The van der Waals surface area contributed by atoms with E-state index >= 15 is 0 Å². The van der Waals surface area contributed by atoms with E-state index in [1.807, 2.05) is 0 Å². The minimum absolute atomic E-state index is 0.324. The fraction of sp³-hybridized carbons (Fsp3) is 0.500. The quantitative estimate of drug-likeness (QED) is 0.641. The van der Waals surface area contributed by atoms with E-state index < -0.39 is 8.80 Å². The van der Waals surface area contributed by atoms with Gasteiger partial charge in [0.05, 0.1) is 8.80 Å². The lowest BCUT2D eigenvalue weighted by atomic mass is 9.92. The van der Waals surface area contributed by atoms with Crippen LogP contribution in [0.25, 0.3) is 0 Å². The molecule has 0 bridgehead atoms. The molecule has 0 spiro atoms.